The van der Waals surface area contributed by atoms with E-state index in [1.807, 2.05) is 0 Å². The van der Waals surface area contributed by atoms with Crippen molar-refractivity contribution in [3.63, 3.8) is 0 Å². The normalized spacial score (nSPS) is 37.1. The summed E-state index contributed by atoms with van der Waals surface area (Å²) in [5, 5.41) is 0. The predicted octanol–water partition coefficient (Wildman–Crippen LogP) is 1.65. The summed E-state index contributed by atoms with van der Waals surface area (Å²) < 4.78 is 0. The van der Waals surface area contributed by atoms with Crippen molar-refractivity contribution in [1.29, 1.82) is 0 Å². The van der Waals surface area contributed by atoms with E-state index >= 15 is 0 Å². The van der Waals surface area contributed by atoms with E-state index in [-0.39, 0.29) is 0 Å². The maximum atomic E-state index is 2.68. The Labute approximate surface area is 92.2 Å². The third kappa shape index (κ3) is 1.88. The molecule has 2 nitrogen and oxygen atoms in total. The van der Waals surface area contributed by atoms with E-state index in [9.17, 15) is 0 Å². The van der Waals surface area contributed by atoms with Crippen LogP contribution in [0.3, 0.4) is 0 Å². The van der Waals surface area contributed by atoms with Crippen molar-refractivity contribution in [3.8, 4) is 0 Å². The maximum absolute atomic E-state index is 2.68. The molecule has 0 aromatic carbocycles. The first-order valence-electron chi connectivity index (χ1n) is 6.25. The van der Waals surface area contributed by atoms with Gasteiger partial charge in [-0.3, -0.25) is 9.80 Å². The second kappa shape index (κ2) is 4.11. The summed E-state index contributed by atoms with van der Waals surface area (Å²) in [6.45, 7) is 5.19. The molecule has 3 rings (SSSR count). The Morgan fingerprint density at radius 3 is 2.80 bits per heavy atom. The second-order valence-corrected chi connectivity index (χ2v) is 4.94. The van der Waals surface area contributed by atoms with Gasteiger partial charge in [-0.2, -0.15) is 0 Å². The van der Waals surface area contributed by atoms with Crippen LogP contribution < -0.4 is 0 Å². The molecule has 2 unspecified atom stereocenters. The van der Waals surface area contributed by atoms with E-state index in [1.54, 1.807) is 0 Å². The molecule has 0 bridgehead atoms. The summed E-state index contributed by atoms with van der Waals surface area (Å²) in [6, 6.07) is 1.54. The Morgan fingerprint density at radius 2 is 1.93 bits per heavy atom. The van der Waals surface area contributed by atoms with Gasteiger partial charge in [0.15, 0.2) is 0 Å². The Kier molecular flexibility index (Phi) is 2.63. The zero-order chi connectivity index (χ0) is 10.1. The fourth-order valence-corrected chi connectivity index (χ4v) is 3.15. The standard InChI is InChI=1S/C13H20N2/c1-2-5-12(6-3-1)15-10-9-14-8-4-7-13(14)11-15/h1-3,5,12-13H,4,6-11H2. The van der Waals surface area contributed by atoms with E-state index in [2.05, 4.69) is 34.1 Å². The molecule has 0 amide bonds. The van der Waals surface area contributed by atoms with Crippen LogP contribution in [0.25, 0.3) is 0 Å². The molecule has 1 aliphatic carbocycles. The predicted molar refractivity (Wildman–Crippen MR) is 62.9 cm³/mol. The largest absolute Gasteiger partial charge is 0.298 e. The molecule has 0 spiro atoms. The first-order chi connectivity index (χ1) is 7.43. The molecule has 2 heterocycles. The number of nitrogens with zero attached hydrogens (tertiary/aromatic N) is 2. The van der Waals surface area contributed by atoms with E-state index in [0.29, 0.717) is 6.04 Å². The lowest BCUT2D eigenvalue weighted by atomic mass is 10.0. The average Bonchev–Trinajstić information content (AvgIpc) is 2.77. The van der Waals surface area contributed by atoms with Crippen LogP contribution in [-0.4, -0.2) is 48.1 Å². The van der Waals surface area contributed by atoms with Gasteiger partial charge < -0.3 is 0 Å². The fourth-order valence-electron chi connectivity index (χ4n) is 3.15. The summed E-state index contributed by atoms with van der Waals surface area (Å²) in [6.07, 6.45) is 13.1. The van der Waals surface area contributed by atoms with Crippen LogP contribution in [-0.2, 0) is 0 Å². The Morgan fingerprint density at radius 1 is 1.00 bits per heavy atom. The van der Waals surface area contributed by atoms with Crippen LogP contribution in [0.15, 0.2) is 24.3 Å². The molecule has 2 atom stereocenters. The van der Waals surface area contributed by atoms with Crippen LogP contribution in [0.1, 0.15) is 19.3 Å². The minimum atomic E-state index is 0.678. The van der Waals surface area contributed by atoms with E-state index in [1.165, 1.54) is 45.4 Å². The zero-order valence-electron chi connectivity index (χ0n) is 9.31. The van der Waals surface area contributed by atoms with Gasteiger partial charge in [0, 0.05) is 31.7 Å². The highest BCUT2D eigenvalue weighted by Gasteiger charge is 2.32. The van der Waals surface area contributed by atoms with Crippen molar-refractivity contribution < 1.29 is 0 Å². The van der Waals surface area contributed by atoms with Crippen molar-refractivity contribution in [2.45, 2.75) is 31.3 Å². The highest BCUT2D eigenvalue weighted by molar-refractivity contribution is 5.14. The topological polar surface area (TPSA) is 6.48 Å². The molecule has 0 saturated carbocycles. The number of allylic oxidation sites excluding steroid dienone is 2. The van der Waals surface area contributed by atoms with Gasteiger partial charge in [0.05, 0.1) is 0 Å². The van der Waals surface area contributed by atoms with Gasteiger partial charge in [-0.1, -0.05) is 24.3 Å². The van der Waals surface area contributed by atoms with Gasteiger partial charge in [-0.15, -0.1) is 0 Å². The first-order valence-corrected chi connectivity index (χ1v) is 6.25. The molecule has 2 fully saturated rings. The Bertz CT molecular complexity index is 282. The minimum absolute atomic E-state index is 0.678. The maximum Gasteiger partial charge on any atom is 0.0317 e. The van der Waals surface area contributed by atoms with Crippen molar-refractivity contribution in [3.05, 3.63) is 24.3 Å². The van der Waals surface area contributed by atoms with Crippen molar-refractivity contribution in [1.82, 2.24) is 9.80 Å². The Hall–Kier alpha value is -0.600. The van der Waals surface area contributed by atoms with Crippen LogP contribution in [0, 0.1) is 0 Å². The second-order valence-electron chi connectivity index (χ2n) is 4.94. The fraction of sp³-hybridized carbons (Fsp3) is 0.692. The zero-order valence-corrected chi connectivity index (χ0v) is 9.31. The monoisotopic (exact) mass is 204 g/mol. The molecular formula is C13H20N2. The van der Waals surface area contributed by atoms with Crippen molar-refractivity contribution in [2.75, 3.05) is 26.2 Å². The van der Waals surface area contributed by atoms with E-state index in [4.69, 9.17) is 0 Å². The summed E-state index contributed by atoms with van der Waals surface area (Å²) >= 11 is 0. The average molecular weight is 204 g/mol. The van der Waals surface area contributed by atoms with Crippen LogP contribution >= 0.6 is 0 Å². The lowest BCUT2D eigenvalue weighted by Gasteiger charge is -2.41. The molecule has 2 heteroatoms. The van der Waals surface area contributed by atoms with Gasteiger partial charge >= 0.3 is 0 Å². The molecule has 0 aromatic rings. The number of fused-ring (bicyclic) bond motifs is 1. The third-order valence-electron chi connectivity index (χ3n) is 4.05. The molecule has 2 saturated heterocycles. The smallest absolute Gasteiger partial charge is 0.0317 e. The highest BCUT2D eigenvalue weighted by atomic mass is 15.3. The summed E-state index contributed by atoms with van der Waals surface area (Å²) in [5.41, 5.74) is 0. The number of rotatable bonds is 1. The number of hydrogen-bond donors (Lipinski definition) is 0. The number of hydrogen-bond acceptors (Lipinski definition) is 2. The molecule has 15 heavy (non-hydrogen) atoms. The van der Waals surface area contributed by atoms with Gasteiger partial charge in [0.2, 0.25) is 0 Å². The molecule has 0 N–H and O–H groups in total. The van der Waals surface area contributed by atoms with Gasteiger partial charge in [0.25, 0.3) is 0 Å². The first kappa shape index (κ1) is 9.61. The van der Waals surface area contributed by atoms with E-state index in [0.717, 1.165) is 6.04 Å². The molecule has 2 aliphatic heterocycles. The molecule has 3 aliphatic rings. The minimum Gasteiger partial charge on any atom is -0.298 e. The lowest BCUT2D eigenvalue weighted by Crippen LogP contribution is -2.53. The van der Waals surface area contributed by atoms with Gasteiger partial charge in [-0.25, -0.2) is 0 Å². The molecule has 0 radical (unpaired) electrons. The lowest BCUT2D eigenvalue weighted by molar-refractivity contribution is 0.0860. The van der Waals surface area contributed by atoms with E-state index < -0.39 is 0 Å². The van der Waals surface area contributed by atoms with Crippen molar-refractivity contribution >= 4 is 0 Å². The number of piperazine rings is 1. The van der Waals surface area contributed by atoms with Gasteiger partial charge in [-0.05, 0) is 25.8 Å². The molecule has 0 aromatic heterocycles. The van der Waals surface area contributed by atoms with Crippen LogP contribution in [0.4, 0.5) is 0 Å². The van der Waals surface area contributed by atoms with Gasteiger partial charge in [0.1, 0.15) is 0 Å². The molecule has 82 valence electrons. The van der Waals surface area contributed by atoms with Crippen LogP contribution in [0.2, 0.25) is 0 Å². The molecular weight excluding hydrogens is 184 g/mol. The highest BCUT2D eigenvalue weighted by Crippen LogP contribution is 2.24. The summed E-state index contributed by atoms with van der Waals surface area (Å²) in [4.78, 5) is 5.35. The van der Waals surface area contributed by atoms with Crippen molar-refractivity contribution in [2.24, 2.45) is 0 Å². The summed E-state index contributed by atoms with van der Waals surface area (Å²) in [5.74, 6) is 0. The Balaban J connectivity index is 1.63. The van der Waals surface area contributed by atoms with Crippen LogP contribution in [0.5, 0.6) is 0 Å². The quantitative estimate of drug-likeness (QED) is 0.641. The SMILES string of the molecule is C1=CCC(N2CCN3CCCC3C2)C=C1. The summed E-state index contributed by atoms with van der Waals surface area (Å²) in [7, 11) is 0. The third-order valence-corrected chi connectivity index (χ3v) is 4.05.